The molecule has 4 atom stereocenters. The van der Waals surface area contributed by atoms with Gasteiger partial charge >= 0.3 is 0 Å². The number of aliphatic hydroxyl groups is 1. The SMILES string of the molecule is COC1=C2OC3CC(O)C=CC34CCN(C)CC(=C24)C(Br)C1. The molecule has 22 heavy (non-hydrogen) atoms. The maximum absolute atomic E-state index is 10.0. The quantitative estimate of drug-likeness (QED) is 0.570. The van der Waals surface area contributed by atoms with Crippen molar-refractivity contribution in [1.82, 2.24) is 4.90 Å². The van der Waals surface area contributed by atoms with E-state index in [1.54, 1.807) is 7.11 Å². The van der Waals surface area contributed by atoms with E-state index in [0.29, 0.717) is 11.2 Å². The first-order chi connectivity index (χ1) is 10.5. The van der Waals surface area contributed by atoms with Crippen molar-refractivity contribution in [1.29, 1.82) is 0 Å². The van der Waals surface area contributed by atoms with Crippen molar-refractivity contribution >= 4 is 15.9 Å². The first-order valence-electron chi connectivity index (χ1n) is 7.93. The van der Waals surface area contributed by atoms with Gasteiger partial charge in [-0.2, -0.15) is 0 Å². The topological polar surface area (TPSA) is 41.9 Å². The number of hydrogen-bond donors (Lipinski definition) is 1. The maximum atomic E-state index is 10.0. The molecule has 0 aromatic heterocycles. The fraction of sp³-hybridized carbons (Fsp3) is 0.647. The van der Waals surface area contributed by atoms with Gasteiger partial charge in [0.2, 0.25) is 0 Å². The summed E-state index contributed by atoms with van der Waals surface area (Å²) in [6.45, 7) is 1.99. The molecule has 1 fully saturated rings. The monoisotopic (exact) mass is 367 g/mol. The van der Waals surface area contributed by atoms with Gasteiger partial charge in [-0.3, -0.25) is 0 Å². The van der Waals surface area contributed by atoms with Crippen LogP contribution in [0.25, 0.3) is 0 Å². The molecule has 0 radical (unpaired) electrons. The molecule has 4 rings (SSSR count). The third-order valence-electron chi connectivity index (χ3n) is 5.51. The van der Waals surface area contributed by atoms with Crippen molar-refractivity contribution in [3.63, 3.8) is 0 Å². The van der Waals surface area contributed by atoms with Crippen LogP contribution in [0.3, 0.4) is 0 Å². The number of hydrogen-bond acceptors (Lipinski definition) is 4. The van der Waals surface area contributed by atoms with E-state index in [-0.39, 0.29) is 11.5 Å². The summed E-state index contributed by atoms with van der Waals surface area (Å²) in [7, 11) is 3.90. The van der Waals surface area contributed by atoms with Crippen LogP contribution < -0.4 is 0 Å². The second kappa shape index (κ2) is 5.11. The lowest BCUT2D eigenvalue weighted by atomic mass is 9.67. The standard InChI is InChI=1S/C17H22BrNO3/c1-19-6-5-17-4-3-10(20)7-14(17)22-16-13(21-2)8-12(18)11(9-19)15(16)17/h3-4,10,12,14,20H,5-9H2,1-2H3. The second-order valence-electron chi connectivity index (χ2n) is 6.83. The van der Waals surface area contributed by atoms with Crippen molar-refractivity contribution < 1.29 is 14.6 Å². The third-order valence-corrected chi connectivity index (χ3v) is 6.39. The zero-order valence-corrected chi connectivity index (χ0v) is 14.6. The van der Waals surface area contributed by atoms with E-state index in [1.165, 1.54) is 11.1 Å². The van der Waals surface area contributed by atoms with E-state index in [0.717, 1.165) is 37.4 Å². The average Bonchev–Trinajstić information content (AvgIpc) is 2.74. The summed E-state index contributed by atoms with van der Waals surface area (Å²) in [5.41, 5.74) is 2.62. The van der Waals surface area contributed by atoms with Gasteiger partial charge in [0, 0.05) is 29.8 Å². The largest absolute Gasteiger partial charge is 0.497 e. The van der Waals surface area contributed by atoms with Crippen molar-refractivity contribution in [3.8, 4) is 0 Å². The van der Waals surface area contributed by atoms with E-state index in [2.05, 4.69) is 34.0 Å². The summed E-state index contributed by atoms with van der Waals surface area (Å²) in [4.78, 5) is 2.68. The molecule has 1 N–H and O–H groups in total. The lowest BCUT2D eigenvalue weighted by molar-refractivity contribution is 0.0352. The van der Waals surface area contributed by atoms with E-state index in [1.807, 2.05) is 6.08 Å². The van der Waals surface area contributed by atoms with Crippen LogP contribution in [0.2, 0.25) is 0 Å². The molecule has 2 aliphatic carbocycles. The molecular formula is C17H22BrNO3. The van der Waals surface area contributed by atoms with Crippen LogP contribution in [0.4, 0.5) is 0 Å². The Hall–Kier alpha value is -0.780. The van der Waals surface area contributed by atoms with Crippen LogP contribution >= 0.6 is 15.9 Å². The molecular weight excluding hydrogens is 346 g/mol. The molecule has 2 aliphatic heterocycles. The van der Waals surface area contributed by atoms with E-state index >= 15 is 0 Å². The second-order valence-corrected chi connectivity index (χ2v) is 7.93. The smallest absolute Gasteiger partial charge is 0.161 e. The highest BCUT2D eigenvalue weighted by Gasteiger charge is 2.56. The van der Waals surface area contributed by atoms with Crippen LogP contribution in [-0.4, -0.2) is 54.3 Å². The lowest BCUT2D eigenvalue weighted by Gasteiger charge is -2.36. The molecule has 0 amide bonds. The first-order valence-corrected chi connectivity index (χ1v) is 8.84. The van der Waals surface area contributed by atoms with E-state index < -0.39 is 6.10 Å². The van der Waals surface area contributed by atoms with Crippen LogP contribution in [0.1, 0.15) is 19.3 Å². The van der Waals surface area contributed by atoms with Gasteiger partial charge in [-0.05, 0) is 25.6 Å². The normalized spacial score (nSPS) is 41.0. The third kappa shape index (κ3) is 1.95. The van der Waals surface area contributed by atoms with Crippen molar-refractivity contribution in [2.75, 3.05) is 27.2 Å². The van der Waals surface area contributed by atoms with Gasteiger partial charge in [-0.15, -0.1) is 0 Å². The fourth-order valence-corrected chi connectivity index (χ4v) is 5.03. The Kier molecular flexibility index (Phi) is 3.44. The number of nitrogens with zero attached hydrogens (tertiary/aromatic N) is 1. The number of alkyl halides is 1. The molecule has 1 saturated heterocycles. The van der Waals surface area contributed by atoms with Crippen molar-refractivity contribution in [2.24, 2.45) is 5.41 Å². The summed E-state index contributed by atoms with van der Waals surface area (Å²) >= 11 is 3.85. The lowest BCUT2D eigenvalue weighted by Crippen LogP contribution is -2.38. The summed E-state index contributed by atoms with van der Waals surface area (Å²) in [6.07, 6.45) is 6.26. The van der Waals surface area contributed by atoms with Gasteiger partial charge in [0.1, 0.15) is 11.9 Å². The van der Waals surface area contributed by atoms with Crippen LogP contribution in [0.5, 0.6) is 0 Å². The number of rotatable bonds is 1. The molecule has 0 saturated carbocycles. The molecule has 0 aromatic rings. The minimum Gasteiger partial charge on any atom is -0.497 e. The van der Waals surface area contributed by atoms with E-state index in [9.17, 15) is 5.11 Å². The Bertz CT molecular complexity index is 597. The molecule has 5 heteroatoms. The Labute approximate surface area is 139 Å². The summed E-state index contributed by atoms with van der Waals surface area (Å²) in [5, 5.41) is 10.0. The van der Waals surface area contributed by atoms with Gasteiger partial charge in [0.15, 0.2) is 5.76 Å². The van der Waals surface area contributed by atoms with Crippen molar-refractivity contribution in [2.45, 2.75) is 36.3 Å². The molecule has 4 unspecified atom stereocenters. The maximum Gasteiger partial charge on any atom is 0.161 e. The number of allylic oxidation sites excluding steroid dienone is 2. The Morgan fingerprint density at radius 2 is 2.32 bits per heavy atom. The Balaban J connectivity index is 1.94. The minimum atomic E-state index is -0.410. The van der Waals surface area contributed by atoms with Gasteiger partial charge in [0.05, 0.1) is 18.6 Å². The Morgan fingerprint density at radius 1 is 1.50 bits per heavy atom. The predicted octanol–water partition coefficient (Wildman–Crippen LogP) is 2.35. The summed E-state index contributed by atoms with van der Waals surface area (Å²) in [6, 6.07) is 0. The molecule has 120 valence electrons. The zero-order valence-electron chi connectivity index (χ0n) is 13.0. The molecule has 0 aromatic carbocycles. The number of likely N-dealkylation sites (N-methyl/N-ethyl adjacent to an activating group) is 1. The highest BCUT2D eigenvalue weighted by atomic mass is 79.9. The predicted molar refractivity (Wildman–Crippen MR) is 87.6 cm³/mol. The highest BCUT2D eigenvalue weighted by Crippen LogP contribution is 2.58. The Morgan fingerprint density at radius 3 is 3.09 bits per heavy atom. The summed E-state index contributed by atoms with van der Waals surface area (Å²) in [5.74, 6) is 1.87. The van der Waals surface area contributed by atoms with Crippen LogP contribution in [-0.2, 0) is 9.47 Å². The van der Waals surface area contributed by atoms with Crippen LogP contribution in [0, 0.1) is 5.41 Å². The molecule has 0 bridgehead atoms. The fourth-order valence-electron chi connectivity index (χ4n) is 4.36. The minimum absolute atomic E-state index is 0.0157. The zero-order chi connectivity index (χ0) is 15.5. The van der Waals surface area contributed by atoms with Crippen molar-refractivity contribution in [3.05, 3.63) is 34.8 Å². The average molecular weight is 368 g/mol. The molecule has 1 spiro atoms. The number of ether oxygens (including phenoxy) is 2. The van der Waals surface area contributed by atoms with E-state index in [4.69, 9.17) is 9.47 Å². The summed E-state index contributed by atoms with van der Waals surface area (Å²) < 4.78 is 12.0. The number of aliphatic hydroxyl groups excluding tert-OH is 1. The first kappa shape index (κ1) is 14.8. The number of methoxy groups -OCH3 is 1. The van der Waals surface area contributed by atoms with Gasteiger partial charge in [-0.1, -0.05) is 28.1 Å². The molecule has 2 heterocycles. The highest BCUT2D eigenvalue weighted by molar-refractivity contribution is 9.09. The van der Waals surface area contributed by atoms with Gasteiger partial charge in [0.25, 0.3) is 0 Å². The van der Waals surface area contributed by atoms with Crippen LogP contribution in [0.15, 0.2) is 34.8 Å². The number of halogens is 1. The molecule has 4 nitrogen and oxygen atoms in total. The van der Waals surface area contributed by atoms with Gasteiger partial charge in [-0.25, -0.2) is 0 Å². The van der Waals surface area contributed by atoms with Gasteiger partial charge < -0.3 is 19.5 Å². The molecule has 4 aliphatic rings.